The molecule has 0 aliphatic carbocycles. The van der Waals surface area contributed by atoms with Crippen molar-refractivity contribution in [3.8, 4) is 22.3 Å². The van der Waals surface area contributed by atoms with Crippen LogP contribution in [-0.2, 0) is 51.1 Å². The van der Waals surface area contributed by atoms with Crippen molar-refractivity contribution in [3.05, 3.63) is 111 Å². The number of hydrogen-bond acceptors (Lipinski definition) is 6. The molecular formula is C71H95BN4O4Zn. The van der Waals surface area contributed by atoms with Gasteiger partial charge < -0.3 is 28.8 Å². The Kier molecular flexibility index (Phi) is 22.0. The van der Waals surface area contributed by atoms with E-state index in [1.165, 1.54) is 122 Å². The predicted molar refractivity (Wildman–Crippen MR) is 337 cm³/mol. The summed E-state index contributed by atoms with van der Waals surface area (Å²) in [7, 11) is -0.401. The average Bonchev–Trinajstić information content (AvgIpc) is 4.13. The van der Waals surface area contributed by atoms with Gasteiger partial charge in [-0.05, 0) is 129 Å². The van der Waals surface area contributed by atoms with Crippen molar-refractivity contribution < 1.29 is 38.3 Å². The molecule has 0 radical (unpaired) electrons. The fourth-order valence-corrected chi connectivity index (χ4v) is 12.5. The quantitative estimate of drug-likeness (QED) is 0.0446. The molecule has 10 heteroatoms. The van der Waals surface area contributed by atoms with E-state index < -0.39 is 13.4 Å². The normalized spacial score (nSPS) is 16.4. The van der Waals surface area contributed by atoms with Gasteiger partial charge in [-0.25, -0.2) is 9.97 Å². The van der Waals surface area contributed by atoms with Gasteiger partial charge in [0.2, 0.25) is 0 Å². The van der Waals surface area contributed by atoms with E-state index in [2.05, 4.69) is 144 Å². The molecule has 8 nitrogen and oxygen atoms in total. The van der Waals surface area contributed by atoms with Crippen molar-refractivity contribution in [2.45, 2.75) is 218 Å². The summed E-state index contributed by atoms with van der Waals surface area (Å²) in [5.41, 5.74) is 24.7. The summed E-state index contributed by atoms with van der Waals surface area (Å²) in [4.78, 5) is 23.5. The van der Waals surface area contributed by atoms with Crippen LogP contribution in [0.25, 0.3) is 66.6 Å². The maximum Gasteiger partial charge on any atom is 2.00 e. The Labute approximate surface area is 500 Å². The molecule has 2 aromatic carbocycles. The number of nitrogens with zero attached hydrogens (tertiary/aromatic N) is 4. The average molecular weight is 1140 g/mol. The zero-order valence-electron chi connectivity index (χ0n) is 52.0. The fraction of sp³-hybridized carbons (Fsp3) is 0.549. The van der Waals surface area contributed by atoms with E-state index in [0.717, 1.165) is 129 Å². The molecule has 0 N–H and O–H groups in total. The molecule has 0 atom stereocenters. The summed E-state index contributed by atoms with van der Waals surface area (Å²) in [6, 6.07) is 22.6. The van der Waals surface area contributed by atoms with Gasteiger partial charge in [0.15, 0.2) is 6.29 Å². The topological polar surface area (TPSA) is 90.9 Å². The van der Waals surface area contributed by atoms with Crippen LogP contribution in [-0.4, -0.2) is 43.5 Å². The largest absolute Gasteiger partial charge is 2.00 e. The molecule has 81 heavy (non-hydrogen) atoms. The molecular weight excluding hydrogens is 1050 g/mol. The van der Waals surface area contributed by atoms with Gasteiger partial charge >= 0.3 is 26.6 Å². The Morgan fingerprint density at radius 1 is 0.494 bits per heavy atom. The number of rotatable bonds is 24. The number of unbranched alkanes of at least 4 members (excludes halogenated alkanes) is 12. The number of ether oxygens (including phenoxy) is 2. The van der Waals surface area contributed by atoms with Crippen LogP contribution in [0.1, 0.15) is 242 Å². The molecule has 0 unspecified atom stereocenters. The van der Waals surface area contributed by atoms with E-state index >= 15 is 0 Å². The molecule has 5 aromatic rings. The van der Waals surface area contributed by atoms with Gasteiger partial charge in [0.1, 0.15) is 0 Å². The van der Waals surface area contributed by atoms with E-state index in [0.29, 0.717) is 26.4 Å². The van der Waals surface area contributed by atoms with Gasteiger partial charge in [-0.3, -0.25) is 0 Å². The Bertz CT molecular complexity index is 2950. The van der Waals surface area contributed by atoms with Gasteiger partial charge in [0, 0.05) is 29.6 Å². The first kappa shape index (κ1) is 62.6. The molecule has 0 saturated carbocycles. The van der Waals surface area contributed by atoms with Gasteiger partial charge in [0.25, 0.3) is 0 Å². The molecule has 2 fully saturated rings. The summed E-state index contributed by atoms with van der Waals surface area (Å²) in [6.45, 7) is 29.9. The van der Waals surface area contributed by atoms with Crippen LogP contribution in [0.5, 0.6) is 0 Å². The monoisotopic (exact) mass is 1140 g/mol. The second-order valence-corrected chi connectivity index (χ2v) is 25.6. The molecule has 428 valence electrons. The van der Waals surface area contributed by atoms with Gasteiger partial charge in [0.05, 0.1) is 36.0 Å². The fourth-order valence-electron chi connectivity index (χ4n) is 12.5. The minimum Gasteiger partial charge on any atom is -0.657 e. The van der Waals surface area contributed by atoms with Crippen LogP contribution >= 0.6 is 0 Å². The van der Waals surface area contributed by atoms with E-state index in [1.54, 1.807) is 0 Å². The molecule has 7 heterocycles. The first-order valence-corrected chi connectivity index (χ1v) is 31.4. The number of benzene rings is 2. The van der Waals surface area contributed by atoms with Crippen molar-refractivity contribution in [1.82, 2.24) is 19.9 Å². The summed E-state index contributed by atoms with van der Waals surface area (Å²) in [6.07, 6.45) is 22.2. The third kappa shape index (κ3) is 14.6. The SMILES string of the molecule is CCCCCCC1=C(C)c2nc1cc1[n-]c(c(C)c1CCCCCC)c(-c1ccc(B3OCC(C)(C)CO3)cc1)c1nc(cc3[n-]c(c(C)c3CCCCCC)c2-c2ccc(C3OCC(C)(C)CO3)cc2)C(CCCCCC)=C1C.[Zn+2]. The van der Waals surface area contributed by atoms with Crippen LogP contribution in [0, 0.1) is 24.7 Å². The van der Waals surface area contributed by atoms with Crippen LogP contribution < -0.4 is 15.4 Å². The summed E-state index contributed by atoms with van der Waals surface area (Å²) >= 11 is 0. The van der Waals surface area contributed by atoms with Crippen LogP contribution in [0.4, 0.5) is 0 Å². The van der Waals surface area contributed by atoms with Crippen LogP contribution in [0.15, 0.2) is 60.7 Å². The molecule has 2 saturated heterocycles. The standard InChI is InChI=1S/C71H95BN4O4.Zn/c1-13-17-21-25-29-55-47(5)65-63(51-33-35-53(36-34-51)69-77-43-70(9,10)44-78-69)66-48(6)56(30-26-22-18-14-2)60(74-66)42-62-58(32-28-24-20-16-4)50(8)68(76-62)64(52-37-39-54(40-38-52)72-79-45-71(11,12)46-80-72)67-49(7)57(31-27-23-19-15-3)61(75-67)41-59(55)73-65;/h33-42,69H,13-32,43-46H2,1-12H3;/q-2;+2. The van der Waals surface area contributed by atoms with E-state index in [-0.39, 0.29) is 30.3 Å². The van der Waals surface area contributed by atoms with Gasteiger partial charge in [-0.15, -0.1) is 22.1 Å². The van der Waals surface area contributed by atoms with E-state index in [4.69, 9.17) is 38.7 Å². The van der Waals surface area contributed by atoms with Crippen LogP contribution in [0.2, 0.25) is 0 Å². The van der Waals surface area contributed by atoms with Crippen molar-refractivity contribution in [3.63, 3.8) is 0 Å². The molecule has 4 aliphatic heterocycles. The number of aryl methyl sites for hydroxylation is 4. The number of aromatic nitrogens is 4. The van der Waals surface area contributed by atoms with E-state index in [9.17, 15) is 0 Å². The van der Waals surface area contributed by atoms with E-state index in [1.807, 2.05) is 0 Å². The molecule has 0 spiro atoms. The summed E-state index contributed by atoms with van der Waals surface area (Å²) in [5.74, 6) is 0. The Morgan fingerprint density at radius 3 is 1.28 bits per heavy atom. The van der Waals surface area contributed by atoms with Crippen molar-refractivity contribution in [1.29, 1.82) is 0 Å². The van der Waals surface area contributed by atoms with Gasteiger partial charge in [-0.1, -0.05) is 215 Å². The zero-order chi connectivity index (χ0) is 56.6. The zero-order valence-corrected chi connectivity index (χ0v) is 55.0. The van der Waals surface area contributed by atoms with Gasteiger partial charge in [-0.2, -0.15) is 0 Å². The Morgan fingerprint density at radius 2 is 0.877 bits per heavy atom. The molecule has 3 aromatic heterocycles. The maximum atomic E-state index is 6.34. The van der Waals surface area contributed by atoms with Crippen molar-refractivity contribution in [2.24, 2.45) is 10.8 Å². The third-order valence-corrected chi connectivity index (χ3v) is 17.5. The Hall–Kier alpha value is -4.43. The van der Waals surface area contributed by atoms with Crippen LogP contribution in [0.3, 0.4) is 0 Å². The molecule has 9 rings (SSSR count). The second kappa shape index (κ2) is 28.4. The minimum atomic E-state index is -0.401. The Balaban J connectivity index is 0.00000860. The number of allylic oxidation sites excluding steroid dienone is 4. The third-order valence-electron chi connectivity index (χ3n) is 17.5. The van der Waals surface area contributed by atoms with Crippen molar-refractivity contribution >= 4 is 56.9 Å². The maximum absolute atomic E-state index is 6.34. The summed E-state index contributed by atoms with van der Waals surface area (Å²) in [5, 5.41) is 0. The molecule has 8 bridgehead atoms. The number of hydrogen-bond donors (Lipinski definition) is 0. The minimum absolute atomic E-state index is 0. The summed E-state index contributed by atoms with van der Waals surface area (Å²) < 4.78 is 25.3. The smallest absolute Gasteiger partial charge is 0.657 e. The first-order chi connectivity index (χ1) is 38.6. The molecule has 0 amide bonds. The number of fused-ring (bicyclic) bond motifs is 8. The predicted octanol–water partition coefficient (Wildman–Crippen LogP) is 18.4. The van der Waals surface area contributed by atoms with Crippen molar-refractivity contribution in [2.75, 3.05) is 26.4 Å². The second-order valence-electron chi connectivity index (χ2n) is 25.6. The molecule has 4 aliphatic rings. The first-order valence-electron chi connectivity index (χ1n) is 31.4.